The first kappa shape index (κ1) is 32.9. The highest BCUT2D eigenvalue weighted by Gasteiger charge is 2.56. The summed E-state index contributed by atoms with van der Waals surface area (Å²) in [5.41, 5.74) is -1.40. The molecule has 220 valence electrons. The Hall–Kier alpha value is -2.32. The van der Waals surface area contributed by atoms with Crippen LogP contribution >= 0.6 is 0 Å². The largest absolute Gasteiger partial charge is 0.748 e. The number of ether oxygens (including phenoxy) is 1. The Morgan fingerprint density at radius 3 is 2.23 bits per heavy atom. The predicted octanol–water partition coefficient (Wildman–Crippen LogP) is 5.05. The van der Waals surface area contributed by atoms with Crippen molar-refractivity contribution >= 4 is 31.0 Å². The molecule has 4 N–H and O–H groups in total. The molecule has 0 amide bonds. The zero-order valence-corrected chi connectivity index (χ0v) is 25.0. The molecule has 1 aliphatic rings. The molecule has 0 bridgehead atoms. The number of benzene rings is 2. The summed E-state index contributed by atoms with van der Waals surface area (Å²) in [6.45, 7) is 6.53. The first-order valence-electron chi connectivity index (χ1n) is 13.1. The van der Waals surface area contributed by atoms with Crippen molar-refractivity contribution in [3.05, 3.63) is 42.5 Å². The van der Waals surface area contributed by atoms with Crippen LogP contribution in [0.25, 0.3) is 10.8 Å². The molecule has 11 nitrogen and oxygen atoms in total. The van der Waals surface area contributed by atoms with Crippen LogP contribution in [0.5, 0.6) is 5.75 Å². The van der Waals surface area contributed by atoms with E-state index in [4.69, 9.17) is 8.92 Å². The van der Waals surface area contributed by atoms with Crippen LogP contribution in [0.2, 0.25) is 0 Å². The lowest BCUT2D eigenvalue weighted by molar-refractivity contribution is 0.0460. The summed E-state index contributed by atoms with van der Waals surface area (Å²) in [6, 6.07) is 13.8. The molecule has 0 aromatic heterocycles. The van der Waals surface area contributed by atoms with Gasteiger partial charge in [-0.15, -0.1) is 0 Å². The maximum absolute atomic E-state index is 12.4. The molecule has 13 heteroatoms. The van der Waals surface area contributed by atoms with Crippen molar-refractivity contribution in [2.45, 2.75) is 70.4 Å². The first-order chi connectivity index (χ1) is 18.0. The summed E-state index contributed by atoms with van der Waals surface area (Å²) in [5.74, 6) is 0.0300. The number of nitrogens with zero attached hydrogens (tertiary/aromatic N) is 3. The zero-order chi connectivity index (χ0) is 27.9. The first-order valence-corrected chi connectivity index (χ1v) is 16.3. The fourth-order valence-corrected chi connectivity index (χ4v) is 6.95. The normalized spacial score (nSPS) is 18.8. The summed E-state index contributed by atoms with van der Waals surface area (Å²) in [6.07, 6.45) is 2.55. The lowest BCUT2D eigenvalue weighted by Gasteiger charge is -2.46. The highest BCUT2D eigenvalue weighted by Crippen LogP contribution is 2.48. The van der Waals surface area contributed by atoms with E-state index in [2.05, 4.69) is 10.3 Å². The van der Waals surface area contributed by atoms with Crippen molar-refractivity contribution < 1.29 is 30.3 Å². The molecule has 1 heterocycles. The Balaban J connectivity index is 0.00000533. The van der Waals surface area contributed by atoms with Crippen LogP contribution in [0.3, 0.4) is 0 Å². The van der Waals surface area contributed by atoms with Gasteiger partial charge >= 0.3 is 0 Å². The van der Waals surface area contributed by atoms with Crippen LogP contribution in [0, 0.1) is 0 Å². The van der Waals surface area contributed by atoms with E-state index in [0.717, 1.165) is 16.5 Å². The van der Waals surface area contributed by atoms with Gasteiger partial charge in [-0.25, -0.2) is 8.42 Å². The lowest BCUT2D eigenvalue weighted by atomic mass is 9.70. The van der Waals surface area contributed by atoms with Crippen molar-refractivity contribution in [2.24, 2.45) is 10.3 Å². The van der Waals surface area contributed by atoms with Gasteiger partial charge in [-0.2, -0.15) is 13.5 Å². The average Bonchev–Trinajstić information content (AvgIpc) is 3.20. The minimum atomic E-state index is -4.39. The van der Waals surface area contributed by atoms with E-state index in [0.29, 0.717) is 38.8 Å². The van der Waals surface area contributed by atoms with Gasteiger partial charge in [-0.05, 0) is 55.0 Å². The van der Waals surface area contributed by atoms with Gasteiger partial charge in [0, 0.05) is 18.7 Å². The van der Waals surface area contributed by atoms with Crippen LogP contribution < -0.4 is 10.9 Å². The molecule has 1 aliphatic heterocycles. The van der Waals surface area contributed by atoms with E-state index in [-0.39, 0.29) is 31.4 Å². The molecule has 3 rings (SSSR count). The van der Waals surface area contributed by atoms with Crippen molar-refractivity contribution in [2.75, 3.05) is 31.3 Å². The molecule has 0 saturated heterocycles. The number of fused-ring (bicyclic) bond motifs is 1. The monoisotopic (exact) mass is 586 g/mol. The van der Waals surface area contributed by atoms with Crippen LogP contribution in [0.4, 0.5) is 0 Å². The van der Waals surface area contributed by atoms with Gasteiger partial charge in [-0.1, -0.05) is 56.3 Å². The van der Waals surface area contributed by atoms with Crippen LogP contribution in [-0.2, 0) is 24.4 Å². The Labute approximate surface area is 232 Å². The van der Waals surface area contributed by atoms with Gasteiger partial charge in [0.15, 0.2) is 0 Å². The minimum absolute atomic E-state index is 0. The van der Waals surface area contributed by atoms with Crippen molar-refractivity contribution in [1.82, 2.24) is 11.2 Å². The number of rotatable bonds is 16. The zero-order valence-electron chi connectivity index (χ0n) is 23.3. The summed E-state index contributed by atoms with van der Waals surface area (Å²) < 4.78 is 69.7. The predicted molar refractivity (Wildman–Crippen MR) is 151 cm³/mol. The second-order valence-corrected chi connectivity index (χ2v) is 12.9. The van der Waals surface area contributed by atoms with Gasteiger partial charge < -0.3 is 15.4 Å². The fraction of sp³-hybridized carbons (Fsp3) is 0.615. The van der Waals surface area contributed by atoms with Gasteiger partial charge in [-0.3, -0.25) is 9.19 Å². The third kappa shape index (κ3) is 8.10. The Bertz CT molecular complexity index is 1310. The summed E-state index contributed by atoms with van der Waals surface area (Å²) >= 11 is 0. The Kier molecular flexibility index (Phi) is 11.7. The highest BCUT2D eigenvalue weighted by molar-refractivity contribution is 7.86. The van der Waals surface area contributed by atoms with Gasteiger partial charge in [0.05, 0.1) is 34.6 Å². The highest BCUT2D eigenvalue weighted by atomic mass is 32.2. The lowest BCUT2D eigenvalue weighted by Crippen LogP contribution is -2.58. The summed E-state index contributed by atoms with van der Waals surface area (Å²) in [5, 5.41) is 12.7. The second kappa shape index (κ2) is 13.8. The average molecular weight is 587 g/mol. The molecule has 0 saturated carbocycles. The van der Waals surface area contributed by atoms with Gasteiger partial charge in [0.1, 0.15) is 11.3 Å². The Morgan fingerprint density at radius 1 is 0.897 bits per heavy atom. The molecule has 0 spiro atoms. The number of hydrogen-bond acceptors (Lipinski definition) is 10. The van der Waals surface area contributed by atoms with Crippen molar-refractivity contribution in [3.8, 4) is 5.75 Å². The third-order valence-electron chi connectivity index (χ3n) is 7.53. The quantitative estimate of drug-likeness (QED) is 0.161. The van der Waals surface area contributed by atoms with E-state index in [1.54, 1.807) is 5.01 Å². The number of hydrogen-bond donors (Lipinski definition) is 1. The SMILES string of the molecule is CCC1(CCS(=O)(=O)[O-])N=NN(CCCS(=O)(=O)OCCCOc2ccc3ccccc3c2)C1(CC)CC.[NH4+]. The van der Waals surface area contributed by atoms with Crippen molar-refractivity contribution in [1.29, 1.82) is 0 Å². The minimum Gasteiger partial charge on any atom is -0.748 e. The molecule has 39 heavy (non-hydrogen) atoms. The van der Waals surface area contributed by atoms with Crippen molar-refractivity contribution in [3.63, 3.8) is 0 Å². The molecule has 2 aromatic rings. The summed E-state index contributed by atoms with van der Waals surface area (Å²) in [7, 11) is -8.13. The van der Waals surface area contributed by atoms with E-state index in [1.165, 1.54) is 0 Å². The maximum Gasteiger partial charge on any atom is 0.267 e. The van der Waals surface area contributed by atoms with Crippen LogP contribution in [0.1, 0.15) is 59.3 Å². The second-order valence-electron chi connectivity index (χ2n) is 9.60. The number of quaternary nitrogens is 1. The fourth-order valence-electron chi connectivity index (χ4n) is 5.39. The molecular formula is C26H42N4O7S2. The smallest absolute Gasteiger partial charge is 0.267 e. The molecule has 0 aliphatic carbocycles. The van der Waals surface area contributed by atoms with Crippen LogP contribution in [-0.4, -0.2) is 68.7 Å². The molecule has 2 aromatic carbocycles. The Morgan fingerprint density at radius 2 is 1.59 bits per heavy atom. The topological polar surface area (TPSA) is 174 Å². The van der Waals surface area contributed by atoms with Gasteiger partial charge in [0.25, 0.3) is 10.1 Å². The maximum atomic E-state index is 12.4. The molecule has 0 fully saturated rings. The molecule has 1 atom stereocenters. The molecule has 1 unspecified atom stereocenters. The third-order valence-corrected chi connectivity index (χ3v) is 9.55. The van der Waals surface area contributed by atoms with E-state index < -0.39 is 37.1 Å². The van der Waals surface area contributed by atoms with E-state index in [1.807, 2.05) is 63.2 Å². The van der Waals surface area contributed by atoms with E-state index in [9.17, 15) is 21.4 Å². The summed E-state index contributed by atoms with van der Waals surface area (Å²) in [4.78, 5) is 0. The van der Waals surface area contributed by atoms with Crippen LogP contribution in [0.15, 0.2) is 52.8 Å². The molecular weight excluding hydrogens is 544 g/mol. The van der Waals surface area contributed by atoms with Gasteiger partial charge in [0.2, 0.25) is 0 Å². The molecule has 0 radical (unpaired) electrons. The van der Waals surface area contributed by atoms with E-state index >= 15 is 0 Å². The standard InChI is InChI=1S/C26H39N3O7S2.H3N/c1-4-25(15-20-37(30,31)32)26(5-2,6-3)29(28-27-25)16-9-19-38(33,34)36-18-10-17-35-24-14-13-22-11-7-8-12-23(22)21-24;/h7-8,11-14,21H,4-6,9-10,15-20H2,1-3H3,(H,30,31,32);1H3.